The van der Waals surface area contributed by atoms with E-state index < -0.39 is 5.82 Å². The molecule has 0 unspecified atom stereocenters. The average molecular weight is 239 g/mol. The van der Waals surface area contributed by atoms with Crippen LogP contribution in [0.3, 0.4) is 0 Å². The van der Waals surface area contributed by atoms with Crippen molar-refractivity contribution in [1.29, 1.82) is 0 Å². The lowest BCUT2D eigenvalue weighted by Crippen LogP contribution is -2.66. The zero-order chi connectivity index (χ0) is 11.9. The zero-order valence-corrected chi connectivity index (χ0v) is 9.65. The molecule has 3 heterocycles. The summed E-state index contributed by atoms with van der Waals surface area (Å²) in [5.74, 6) is 0.161. The van der Waals surface area contributed by atoms with Crippen molar-refractivity contribution < 1.29 is 13.9 Å². The van der Waals surface area contributed by atoms with E-state index in [1.165, 1.54) is 13.3 Å². The highest BCUT2D eigenvalue weighted by Gasteiger charge is 2.49. The Bertz CT molecular complexity index is 429. The number of methoxy groups -OCH3 is 1. The molecule has 5 nitrogen and oxygen atoms in total. The Balaban J connectivity index is 1.73. The maximum Gasteiger partial charge on any atom is 0.225 e. The summed E-state index contributed by atoms with van der Waals surface area (Å²) >= 11 is 0. The molecule has 1 aromatic heterocycles. The maximum absolute atomic E-state index is 13.3. The molecule has 92 valence electrons. The van der Waals surface area contributed by atoms with Crippen LogP contribution in [-0.2, 0) is 16.1 Å². The highest BCUT2D eigenvalue weighted by molar-refractivity contribution is 5.37. The van der Waals surface area contributed by atoms with Gasteiger partial charge in [-0.25, -0.2) is 14.4 Å². The number of anilines is 1. The lowest BCUT2D eigenvalue weighted by atomic mass is 9.78. The molecule has 0 saturated carbocycles. The van der Waals surface area contributed by atoms with Crippen LogP contribution in [0.4, 0.5) is 10.3 Å². The van der Waals surface area contributed by atoms with Gasteiger partial charge in [-0.05, 0) is 0 Å². The van der Waals surface area contributed by atoms with Gasteiger partial charge in [0.05, 0.1) is 31.4 Å². The molecule has 0 amide bonds. The lowest BCUT2D eigenvalue weighted by Gasteiger charge is -2.54. The fraction of sp³-hybridized carbons (Fsp3) is 0.636. The second kappa shape index (κ2) is 3.89. The van der Waals surface area contributed by atoms with Crippen LogP contribution in [0.2, 0.25) is 0 Å². The smallest absolute Gasteiger partial charge is 0.225 e. The normalized spacial score (nSPS) is 21.2. The fourth-order valence-electron chi connectivity index (χ4n) is 2.26. The molecule has 0 radical (unpaired) electrons. The number of nitrogens with zero attached hydrogens (tertiary/aromatic N) is 3. The van der Waals surface area contributed by atoms with E-state index in [-0.39, 0.29) is 6.61 Å². The van der Waals surface area contributed by atoms with E-state index in [1.54, 1.807) is 0 Å². The van der Waals surface area contributed by atoms with Crippen LogP contribution in [0, 0.1) is 11.2 Å². The largest absolute Gasteiger partial charge is 0.380 e. The molecule has 0 aromatic carbocycles. The van der Waals surface area contributed by atoms with Gasteiger partial charge in [0.1, 0.15) is 5.69 Å². The van der Waals surface area contributed by atoms with Crippen molar-refractivity contribution in [3.63, 3.8) is 0 Å². The van der Waals surface area contributed by atoms with Gasteiger partial charge < -0.3 is 14.4 Å². The first kappa shape index (κ1) is 10.9. The lowest BCUT2D eigenvalue weighted by molar-refractivity contribution is -0.127. The first-order chi connectivity index (χ1) is 8.22. The van der Waals surface area contributed by atoms with E-state index in [1.807, 2.05) is 4.90 Å². The van der Waals surface area contributed by atoms with Crippen molar-refractivity contribution >= 4 is 5.95 Å². The fourth-order valence-corrected chi connectivity index (χ4v) is 2.26. The molecule has 0 atom stereocenters. The Morgan fingerprint density at radius 1 is 1.53 bits per heavy atom. The zero-order valence-electron chi connectivity index (χ0n) is 9.65. The van der Waals surface area contributed by atoms with Crippen LogP contribution >= 0.6 is 0 Å². The van der Waals surface area contributed by atoms with Gasteiger partial charge >= 0.3 is 0 Å². The van der Waals surface area contributed by atoms with E-state index in [9.17, 15) is 4.39 Å². The van der Waals surface area contributed by atoms with Gasteiger partial charge in [-0.2, -0.15) is 0 Å². The highest BCUT2D eigenvalue weighted by atomic mass is 19.1. The van der Waals surface area contributed by atoms with E-state index in [4.69, 9.17) is 9.47 Å². The molecule has 0 N–H and O–H groups in total. The summed E-state index contributed by atoms with van der Waals surface area (Å²) in [5.41, 5.74) is 0.613. The number of hydrogen-bond donors (Lipinski definition) is 0. The highest BCUT2D eigenvalue weighted by Crippen LogP contribution is 2.38. The number of hydrogen-bond acceptors (Lipinski definition) is 5. The van der Waals surface area contributed by atoms with Crippen LogP contribution < -0.4 is 4.90 Å². The van der Waals surface area contributed by atoms with Gasteiger partial charge in [0.15, 0.2) is 5.82 Å². The standard InChI is InChI=1S/C11H14FN3O2/c1-16-3-9-8(12)2-13-10(14-9)15-4-11(5-15)6-17-7-11/h2H,3-7H2,1H3. The van der Waals surface area contributed by atoms with Crippen molar-refractivity contribution in [1.82, 2.24) is 9.97 Å². The van der Waals surface area contributed by atoms with Gasteiger partial charge in [-0.3, -0.25) is 0 Å². The van der Waals surface area contributed by atoms with Crippen molar-refractivity contribution in [2.45, 2.75) is 6.61 Å². The molecule has 6 heteroatoms. The Labute approximate surface area is 98.6 Å². The van der Waals surface area contributed by atoms with Crippen LogP contribution in [0.25, 0.3) is 0 Å². The van der Waals surface area contributed by atoms with Gasteiger partial charge in [0, 0.05) is 20.2 Å². The van der Waals surface area contributed by atoms with Crippen molar-refractivity contribution in [3.05, 3.63) is 17.7 Å². The quantitative estimate of drug-likeness (QED) is 0.773. The SMILES string of the molecule is COCc1nc(N2CC3(COC3)C2)ncc1F. The second-order valence-electron chi connectivity index (χ2n) is 4.75. The summed E-state index contributed by atoms with van der Waals surface area (Å²) in [5, 5.41) is 0. The molecule has 1 spiro atoms. The topological polar surface area (TPSA) is 47.5 Å². The van der Waals surface area contributed by atoms with Crippen molar-refractivity contribution in [2.24, 2.45) is 5.41 Å². The molecule has 2 fully saturated rings. The monoisotopic (exact) mass is 239 g/mol. The minimum absolute atomic E-state index is 0.170. The maximum atomic E-state index is 13.3. The summed E-state index contributed by atoms with van der Waals surface area (Å²) < 4.78 is 23.4. The van der Waals surface area contributed by atoms with E-state index >= 15 is 0 Å². The van der Waals surface area contributed by atoms with Crippen LogP contribution in [-0.4, -0.2) is 43.4 Å². The Hall–Kier alpha value is -1.27. The van der Waals surface area contributed by atoms with Crippen LogP contribution in [0.15, 0.2) is 6.20 Å². The van der Waals surface area contributed by atoms with Gasteiger partial charge in [0.25, 0.3) is 0 Å². The molecule has 3 rings (SSSR count). The second-order valence-corrected chi connectivity index (χ2v) is 4.75. The number of halogens is 1. The minimum Gasteiger partial charge on any atom is -0.380 e. The Morgan fingerprint density at radius 2 is 2.29 bits per heavy atom. The van der Waals surface area contributed by atoms with Crippen molar-refractivity contribution in [2.75, 3.05) is 38.3 Å². The van der Waals surface area contributed by atoms with E-state index in [2.05, 4.69) is 9.97 Å². The first-order valence-electron chi connectivity index (χ1n) is 5.55. The Morgan fingerprint density at radius 3 is 2.88 bits per heavy atom. The summed E-state index contributed by atoms with van der Waals surface area (Å²) in [6.45, 7) is 3.59. The van der Waals surface area contributed by atoms with Crippen LogP contribution in [0.5, 0.6) is 0 Å². The van der Waals surface area contributed by atoms with Gasteiger partial charge in [0.2, 0.25) is 5.95 Å². The third-order valence-electron chi connectivity index (χ3n) is 3.24. The summed E-state index contributed by atoms with van der Waals surface area (Å²) in [6, 6.07) is 0. The average Bonchev–Trinajstić information content (AvgIpc) is 2.19. The molecule has 2 saturated heterocycles. The molecule has 2 aliphatic rings. The number of ether oxygens (including phenoxy) is 2. The van der Waals surface area contributed by atoms with Gasteiger partial charge in [-0.15, -0.1) is 0 Å². The van der Waals surface area contributed by atoms with E-state index in [0.29, 0.717) is 17.1 Å². The predicted octanol–water partition coefficient (Wildman–Crippen LogP) is 0.599. The Kier molecular flexibility index (Phi) is 2.48. The molecule has 1 aromatic rings. The molecule has 2 aliphatic heterocycles. The van der Waals surface area contributed by atoms with E-state index in [0.717, 1.165) is 26.3 Å². The number of rotatable bonds is 3. The minimum atomic E-state index is -0.419. The third-order valence-corrected chi connectivity index (χ3v) is 3.24. The molecule has 0 aliphatic carbocycles. The summed E-state index contributed by atoms with van der Waals surface area (Å²) in [6.07, 6.45) is 1.21. The van der Waals surface area contributed by atoms with Crippen molar-refractivity contribution in [3.8, 4) is 0 Å². The molecule has 17 heavy (non-hydrogen) atoms. The number of aromatic nitrogens is 2. The summed E-state index contributed by atoms with van der Waals surface area (Å²) in [4.78, 5) is 10.2. The predicted molar refractivity (Wildman–Crippen MR) is 58.2 cm³/mol. The third kappa shape index (κ3) is 1.77. The van der Waals surface area contributed by atoms with Gasteiger partial charge in [-0.1, -0.05) is 0 Å². The molecule has 0 bridgehead atoms. The van der Waals surface area contributed by atoms with Crippen LogP contribution in [0.1, 0.15) is 5.69 Å². The first-order valence-corrected chi connectivity index (χ1v) is 5.55. The summed E-state index contributed by atoms with van der Waals surface area (Å²) in [7, 11) is 1.52. The molecular formula is C11H14FN3O2. The molecular weight excluding hydrogens is 225 g/mol.